The molecule has 2 aliphatic rings. The van der Waals surface area contributed by atoms with E-state index in [-0.39, 0.29) is 23.0 Å². The van der Waals surface area contributed by atoms with E-state index >= 15 is 0 Å². The molecule has 2 heterocycles. The van der Waals surface area contributed by atoms with Crippen molar-refractivity contribution in [3.05, 3.63) is 52.1 Å². The molecule has 0 saturated heterocycles. The lowest BCUT2D eigenvalue weighted by Crippen LogP contribution is -2.14. The molecular weight excluding hydrogens is 254 g/mol. The number of hydrogen-bond acceptors (Lipinski definition) is 1. The largest absolute Gasteiger partial charge is 0.337 e. The van der Waals surface area contributed by atoms with Gasteiger partial charge in [0.1, 0.15) is 11.6 Å². The first-order valence-electron chi connectivity index (χ1n) is 5.85. The highest BCUT2D eigenvalue weighted by Crippen LogP contribution is 2.65. The minimum absolute atomic E-state index is 0.266. The molecule has 2 atom stereocenters. The second-order valence-electron chi connectivity index (χ2n) is 5.14. The fourth-order valence-electron chi connectivity index (χ4n) is 3.27. The zero-order valence-electron chi connectivity index (χ0n) is 9.41. The van der Waals surface area contributed by atoms with Gasteiger partial charge in [-0.3, -0.25) is 0 Å². The molecule has 0 amide bonds. The van der Waals surface area contributed by atoms with Crippen LogP contribution in [0.5, 0.6) is 0 Å². The number of nitrogens with one attached hydrogen (secondary N) is 1. The zero-order chi connectivity index (χ0) is 12.5. The molecule has 2 unspecified atom stereocenters. The summed E-state index contributed by atoms with van der Waals surface area (Å²) in [7, 11) is 0. The maximum atomic E-state index is 13.9. The number of aromatic nitrogens is 2. The summed E-state index contributed by atoms with van der Waals surface area (Å²) in [5.74, 6) is -0.436. The van der Waals surface area contributed by atoms with Gasteiger partial charge in [0.25, 0.3) is 0 Å². The Bertz CT molecular complexity index is 718. The van der Waals surface area contributed by atoms with Crippen LogP contribution in [0.3, 0.4) is 0 Å². The lowest BCUT2D eigenvalue weighted by molar-refractivity contribution is 0.520. The van der Waals surface area contributed by atoms with Crippen LogP contribution < -0.4 is 0 Å². The van der Waals surface area contributed by atoms with Gasteiger partial charge >= 0.3 is 0 Å². The quantitative estimate of drug-likeness (QED) is 0.784. The summed E-state index contributed by atoms with van der Waals surface area (Å²) in [5, 5.41) is 0. The predicted octanol–water partition coefficient (Wildman–Crippen LogP) is 3.26. The number of hydrogen-bond donors (Lipinski definition) is 1. The van der Waals surface area contributed by atoms with E-state index in [2.05, 4.69) is 4.98 Å². The van der Waals surface area contributed by atoms with Crippen molar-refractivity contribution in [1.82, 2.24) is 9.55 Å². The number of H-pyrrole nitrogens is 1. The molecule has 1 aliphatic carbocycles. The highest BCUT2D eigenvalue weighted by Gasteiger charge is 2.62. The molecule has 1 aliphatic heterocycles. The smallest absolute Gasteiger partial charge is 0.177 e. The molecule has 5 heteroatoms. The van der Waals surface area contributed by atoms with Crippen molar-refractivity contribution in [2.75, 3.05) is 0 Å². The summed E-state index contributed by atoms with van der Waals surface area (Å²) in [6, 6.07) is 3.70. The second-order valence-corrected chi connectivity index (χ2v) is 5.53. The standard InChI is InChI=1S/C13H10F2N2S/c14-7-1-2-10(15)8(3-7)13-4-9(13)11-5-16-12(18)17(11)6-13/h1-3,5,9H,4,6H2,(H,16,18). The summed E-state index contributed by atoms with van der Waals surface area (Å²) in [6.45, 7) is 0.649. The van der Waals surface area contributed by atoms with E-state index in [1.807, 2.05) is 10.8 Å². The van der Waals surface area contributed by atoms with E-state index in [1.165, 1.54) is 12.1 Å². The van der Waals surface area contributed by atoms with Crippen LogP contribution in [0.1, 0.15) is 23.6 Å². The van der Waals surface area contributed by atoms with Crippen molar-refractivity contribution in [3.63, 3.8) is 0 Å². The molecule has 0 radical (unpaired) electrons. The average Bonchev–Trinajstić information content (AvgIpc) is 2.82. The highest BCUT2D eigenvalue weighted by molar-refractivity contribution is 7.71. The number of aromatic amines is 1. The summed E-state index contributed by atoms with van der Waals surface area (Å²) in [4.78, 5) is 3.00. The number of benzene rings is 1. The van der Waals surface area contributed by atoms with E-state index in [4.69, 9.17) is 12.2 Å². The number of halogens is 2. The first kappa shape index (κ1) is 10.4. The minimum Gasteiger partial charge on any atom is -0.337 e. The first-order chi connectivity index (χ1) is 8.62. The molecule has 1 N–H and O–H groups in total. The molecule has 1 fully saturated rings. The van der Waals surface area contributed by atoms with Gasteiger partial charge in [0.05, 0.1) is 0 Å². The van der Waals surface area contributed by atoms with Gasteiger partial charge in [-0.2, -0.15) is 0 Å². The third-order valence-electron chi connectivity index (χ3n) is 4.24. The van der Waals surface area contributed by atoms with E-state index in [9.17, 15) is 8.78 Å². The highest BCUT2D eigenvalue weighted by atomic mass is 32.1. The van der Waals surface area contributed by atoms with Crippen molar-refractivity contribution in [1.29, 1.82) is 0 Å². The fraction of sp³-hybridized carbons (Fsp3) is 0.308. The summed E-state index contributed by atoms with van der Waals surface area (Å²) in [5.41, 5.74) is 1.33. The monoisotopic (exact) mass is 264 g/mol. The lowest BCUT2D eigenvalue weighted by Gasteiger charge is -2.14. The Morgan fingerprint density at radius 2 is 2.22 bits per heavy atom. The molecule has 92 valence electrons. The molecule has 1 aromatic carbocycles. The number of imidazole rings is 1. The summed E-state index contributed by atoms with van der Waals surface area (Å²) >= 11 is 5.18. The average molecular weight is 264 g/mol. The fourth-order valence-corrected chi connectivity index (χ4v) is 3.50. The lowest BCUT2D eigenvalue weighted by atomic mass is 9.94. The topological polar surface area (TPSA) is 20.7 Å². The summed E-state index contributed by atoms with van der Waals surface area (Å²) < 4.78 is 29.9. The summed E-state index contributed by atoms with van der Waals surface area (Å²) in [6.07, 6.45) is 2.76. The normalized spacial score (nSPS) is 28.0. The van der Waals surface area contributed by atoms with Gasteiger partial charge in [-0.15, -0.1) is 0 Å². The van der Waals surface area contributed by atoms with E-state index < -0.39 is 0 Å². The van der Waals surface area contributed by atoms with Gasteiger partial charge in [-0.05, 0) is 42.4 Å². The number of rotatable bonds is 1. The first-order valence-corrected chi connectivity index (χ1v) is 6.26. The Morgan fingerprint density at radius 1 is 1.39 bits per heavy atom. The molecule has 1 aromatic heterocycles. The van der Waals surface area contributed by atoms with Crippen LogP contribution in [0, 0.1) is 16.4 Å². The molecule has 18 heavy (non-hydrogen) atoms. The third kappa shape index (κ3) is 1.13. The van der Waals surface area contributed by atoms with Gasteiger partial charge in [-0.1, -0.05) is 0 Å². The predicted molar refractivity (Wildman–Crippen MR) is 65.0 cm³/mol. The molecule has 0 spiro atoms. The Balaban J connectivity index is 1.86. The van der Waals surface area contributed by atoms with Crippen molar-refractivity contribution in [2.45, 2.75) is 24.3 Å². The van der Waals surface area contributed by atoms with Crippen LogP contribution in [0.25, 0.3) is 0 Å². The van der Waals surface area contributed by atoms with Crippen LogP contribution in [0.2, 0.25) is 0 Å². The van der Waals surface area contributed by atoms with Gasteiger partial charge in [-0.25, -0.2) is 8.78 Å². The van der Waals surface area contributed by atoms with Gasteiger partial charge in [0.2, 0.25) is 0 Å². The van der Waals surface area contributed by atoms with E-state index in [1.54, 1.807) is 0 Å². The zero-order valence-corrected chi connectivity index (χ0v) is 10.2. The Morgan fingerprint density at radius 3 is 3.00 bits per heavy atom. The molecule has 4 rings (SSSR count). The molecule has 1 saturated carbocycles. The van der Waals surface area contributed by atoms with Crippen molar-refractivity contribution in [2.24, 2.45) is 0 Å². The van der Waals surface area contributed by atoms with E-state index in [0.29, 0.717) is 16.9 Å². The van der Waals surface area contributed by atoms with Gasteiger partial charge in [0, 0.05) is 29.8 Å². The van der Waals surface area contributed by atoms with Crippen LogP contribution in [0.4, 0.5) is 8.78 Å². The van der Waals surface area contributed by atoms with Crippen molar-refractivity contribution >= 4 is 12.2 Å². The van der Waals surface area contributed by atoms with E-state index in [0.717, 1.165) is 18.2 Å². The van der Waals surface area contributed by atoms with Crippen molar-refractivity contribution < 1.29 is 8.78 Å². The second kappa shape index (κ2) is 3.09. The molecule has 0 bridgehead atoms. The number of nitrogens with zero attached hydrogens (tertiary/aromatic N) is 1. The van der Waals surface area contributed by atoms with Gasteiger partial charge in [0.15, 0.2) is 4.77 Å². The minimum atomic E-state index is -0.381. The number of fused-ring (bicyclic) bond motifs is 3. The molecule has 2 nitrogen and oxygen atoms in total. The maximum absolute atomic E-state index is 13.9. The SMILES string of the molecule is Fc1ccc(F)c(C23CC2c2c[nH]c(=S)n2C3)c1. The van der Waals surface area contributed by atoms with Crippen LogP contribution >= 0.6 is 12.2 Å². The Labute approximate surface area is 107 Å². The Kier molecular flexibility index (Phi) is 1.79. The molecule has 2 aromatic rings. The Hall–Kier alpha value is -1.49. The van der Waals surface area contributed by atoms with Crippen LogP contribution in [0.15, 0.2) is 24.4 Å². The van der Waals surface area contributed by atoms with Crippen LogP contribution in [-0.2, 0) is 12.0 Å². The maximum Gasteiger partial charge on any atom is 0.177 e. The molecular formula is C13H10F2N2S. The van der Waals surface area contributed by atoms with Gasteiger partial charge < -0.3 is 9.55 Å². The van der Waals surface area contributed by atoms with Crippen molar-refractivity contribution in [3.8, 4) is 0 Å². The third-order valence-corrected chi connectivity index (χ3v) is 4.58. The van der Waals surface area contributed by atoms with Crippen LogP contribution in [-0.4, -0.2) is 9.55 Å².